The van der Waals surface area contributed by atoms with Crippen molar-refractivity contribution in [3.05, 3.63) is 70.8 Å². The van der Waals surface area contributed by atoms with Gasteiger partial charge in [0.25, 0.3) is 0 Å². The van der Waals surface area contributed by atoms with E-state index in [9.17, 15) is 4.79 Å². The number of hydrogen-bond donors (Lipinski definition) is 1. The number of nitrogens with one attached hydrogen (secondary N) is 1. The van der Waals surface area contributed by atoms with Gasteiger partial charge in [0.1, 0.15) is 5.75 Å². The fourth-order valence-corrected chi connectivity index (χ4v) is 2.34. The van der Waals surface area contributed by atoms with Gasteiger partial charge in [0.2, 0.25) is 5.91 Å². The number of carbonyl (C=O) groups excluding carboxylic acids is 1. The summed E-state index contributed by atoms with van der Waals surface area (Å²) in [5.41, 5.74) is 4.55. The Morgan fingerprint density at radius 1 is 1.24 bits per heavy atom. The second-order valence-corrected chi connectivity index (χ2v) is 5.88. The van der Waals surface area contributed by atoms with Crippen molar-refractivity contribution in [2.45, 2.75) is 19.8 Å². The highest BCUT2D eigenvalue weighted by Crippen LogP contribution is 2.21. The van der Waals surface area contributed by atoms with Gasteiger partial charge in [-0.2, -0.15) is 5.10 Å². The van der Waals surface area contributed by atoms with Gasteiger partial charge in [0.15, 0.2) is 0 Å². The molecule has 2 rings (SSSR count). The summed E-state index contributed by atoms with van der Waals surface area (Å²) in [6, 6.07) is 15.3. The van der Waals surface area contributed by atoms with E-state index in [0.717, 1.165) is 16.9 Å². The van der Waals surface area contributed by atoms with Crippen LogP contribution in [0.4, 0.5) is 0 Å². The third-order valence-corrected chi connectivity index (χ3v) is 3.62. The van der Waals surface area contributed by atoms with Crippen LogP contribution in [0.1, 0.15) is 24.0 Å². The minimum atomic E-state index is -0.138. The predicted molar refractivity (Wildman–Crippen MR) is 103 cm³/mol. The summed E-state index contributed by atoms with van der Waals surface area (Å²) in [5, 5.41) is 4.56. The topological polar surface area (TPSA) is 50.7 Å². The molecule has 130 valence electrons. The number of benzene rings is 2. The van der Waals surface area contributed by atoms with Gasteiger partial charge in [-0.05, 0) is 48.7 Å². The highest BCUT2D eigenvalue weighted by molar-refractivity contribution is 6.30. The lowest BCUT2D eigenvalue weighted by Crippen LogP contribution is -2.17. The smallest absolute Gasteiger partial charge is 0.240 e. The van der Waals surface area contributed by atoms with Crippen LogP contribution >= 0.6 is 11.6 Å². The average molecular weight is 357 g/mol. The zero-order valence-corrected chi connectivity index (χ0v) is 14.9. The molecule has 0 aliphatic rings. The number of aryl methyl sites for hydroxylation is 1. The van der Waals surface area contributed by atoms with E-state index < -0.39 is 0 Å². The van der Waals surface area contributed by atoms with Crippen molar-refractivity contribution in [1.29, 1.82) is 0 Å². The lowest BCUT2D eigenvalue weighted by Gasteiger charge is -2.08. The maximum atomic E-state index is 11.7. The maximum Gasteiger partial charge on any atom is 0.240 e. The fraction of sp³-hybridized carbons (Fsp3) is 0.200. The van der Waals surface area contributed by atoms with Crippen LogP contribution in [0, 0.1) is 6.92 Å². The van der Waals surface area contributed by atoms with Crippen molar-refractivity contribution in [2.75, 3.05) is 6.61 Å². The van der Waals surface area contributed by atoms with E-state index >= 15 is 0 Å². The predicted octanol–water partition coefficient (Wildman–Crippen LogP) is 4.62. The van der Waals surface area contributed by atoms with E-state index in [4.69, 9.17) is 16.3 Å². The van der Waals surface area contributed by atoms with Crippen LogP contribution in [-0.4, -0.2) is 18.7 Å². The monoisotopic (exact) mass is 356 g/mol. The summed E-state index contributed by atoms with van der Waals surface area (Å²) in [4.78, 5) is 11.7. The van der Waals surface area contributed by atoms with Crippen LogP contribution in [-0.2, 0) is 4.79 Å². The van der Waals surface area contributed by atoms with Crippen LogP contribution in [0.2, 0.25) is 5.02 Å². The number of halogens is 1. The Labute approximate surface area is 153 Å². The lowest BCUT2D eigenvalue weighted by molar-refractivity contribution is -0.121. The molecule has 1 amide bonds. The summed E-state index contributed by atoms with van der Waals surface area (Å²) in [6.07, 6.45) is 6.22. The average Bonchev–Trinajstić information content (AvgIpc) is 2.61. The second kappa shape index (κ2) is 10.3. The molecule has 5 heteroatoms. The first kappa shape index (κ1) is 18.7. The largest absolute Gasteiger partial charge is 0.493 e. The first-order valence-electron chi connectivity index (χ1n) is 8.08. The molecule has 0 fully saturated rings. The summed E-state index contributed by atoms with van der Waals surface area (Å²) in [5.74, 6) is 0.648. The minimum absolute atomic E-state index is 0.138. The Bertz CT molecular complexity index is 743. The van der Waals surface area contributed by atoms with Crippen molar-refractivity contribution in [1.82, 2.24) is 5.43 Å². The molecule has 0 spiro atoms. The van der Waals surface area contributed by atoms with Gasteiger partial charge in [-0.3, -0.25) is 4.79 Å². The number of ether oxygens (including phenoxy) is 1. The molecule has 0 aromatic heterocycles. The molecule has 2 aromatic carbocycles. The molecule has 0 heterocycles. The molecule has 0 aliphatic heterocycles. The second-order valence-electron chi connectivity index (χ2n) is 5.44. The number of hydrazone groups is 1. The van der Waals surface area contributed by atoms with Crippen molar-refractivity contribution < 1.29 is 9.53 Å². The van der Waals surface area contributed by atoms with Gasteiger partial charge in [-0.15, -0.1) is 0 Å². The highest BCUT2D eigenvalue weighted by Gasteiger charge is 2.02. The Hall–Kier alpha value is -2.59. The number of nitrogens with zero attached hydrogens (tertiary/aromatic N) is 1. The third kappa shape index (κ3) is 7.23. The van der Waals surface area contributed by atoms with Gasteiger partial charge in [0.05, 0.1) is 6.61 Å². The summed E-state index contributed by atoms with van der Waals surface area (Å²) < 4.78 is 5.65. The standard InChI is InChI=1S/C20H21ClN2O2/c1-16-15-18(21)11-12-19(16)25-14-6-10-20(24)23-22-13-5-9-17-7-3-2-4-8-17/h2-5,7-9,11-13,15H,6,10,14H2,1H3,(H,23,24). The number of carbonyl (C=O) groups is 1. The van der Waals surface area contributed by atoms with Crippen LogP contribution in [0.5, 0.6) is 5.75 Å². The first-order chi connectivity index (χ1) is 12.1. The summed E-state index contributed by atoms with van der Waals surface area (Å²) >= 11 is 5.90. The lowest BCUT2D eigenvalue weighted by atomic mass is 10.2. The number of hydrogen-bond acceptors (Lipinski definition) is 3. The van der Waals surface area contributed by atoms with Crippen LogP contribution in [0.15, 0.2) is 59.7 Å². The van der Waals surface area contributed by atoms with Gasteiger partial charge >= 0.3 is 0 Å². The van der Waals surface area contributed by atoms with Gasteiger partial charge in [0, 0.05) is 17.7 Å². The van der Waals surface area contributed by atoms with Gasteiger partial charge in [-0.1, -0.05) is 48.0 Å². The van der Waals surface area contributed by atoms with E-state index in [1.807, 2.05) is 55.5 Å². The zero-order valence-electron chi connectivity index (χ0n) is 14.1. The van der Waals surface area contributed by atoms with E-state index in [1.165, 1.54) is 0 Å². The van der Waals surface area contributed by atoms with Gasteiger partial charge < -0.3 is 4.74 Å². The molecule has 0 atom stereocenters. The molecule has 0 saturated carbocycles. The Morgan fingerprint density at radius 2 is 2.04 bits per heavy atom. The molecule has 0 bridgehead atoms. The molecule has 4 nitrogen and oxygen atoms in total. The van der Waals surface area contributed by atoms with E-state index in [1.54, 1.807) is 18.4 Å². The summed E-state index contributed by atoms with van der Waals surface area (Å²) in [7, 11) is 0. The quantitative estimate of drug-likeness (QED) is 0.426. The Balaban J connectivity index is 1.62. The van der Waals surface area contributed by atoms with Crippen molar-refractivity contribution >= 4 is 29.8 Å². The highest BCUT2D eigenvalue weighted by atomic mass is 35.5. The van der Waals surface area contributed by atoms with Crippen molar-refractivity contribution in [3.8, 4) is 5.75 Å². The number of rotatable bonds is 8. The van der Waals surface area contributed by atoms with Crippen LogP contribution in [0.25, 0.3) is 6.08 Å². The zero-order chi connectivity index (χ0) is 17.9. The molecule has 1 N–H and O–H groups in total. The van der Waals surface area contributed by atoms with E-state index in [2.05, 4.69) is 10.5 Å². The molecule has 2 aromatic rings. The maximum absolute atomic E-state index is 11.7. The van der Waals surface area contributed by atoms with Crippen LogP contribution in [0.3, 0.4) is 0 Å². The molecular formula is C20H21ClN2O2. The summed E-state index contributed by atoms with van der Waals surface area (Å²) in [6.45, 7) is 2.40. The van der Waals surface area contributed by atoms with Crippen molar-refractivity contribution in [3.63, 3.8) is 0 Å². The van der Waals surface area contributed by atoms with Crippen LogP contribution < -0.4 is 10.2 Å². The SMILES string of the molecule is Cc1cc(Cl)ccc1OCCCC(=O)NN=CC=Cc1ccccc1. The molecule has 0 aliphatic carbocycles. The normalized spacial score (nSPS) is 11.1. The first-order valence-corrected chi connectivity index (χ1v) is 8.45. The molecule has 0 unspecified atom stereocenters. The van der Waals surface area contributed by atoms with E-state index in [-0.39, 0.29) is 5.91 Å². The number of amides is 1. The Morgan fingerprint density at radius 3 is 2.80 bits per heavy atom. The number of allylic oxidation sites excluding steroid dienone is 1. The third-order valence-electron chi connectivity index (χ3n) is 3.38. The molecule has 0 radical (unpaired) electrons. The molecule has 0 saturated heterocycles. The van der Waals surface area contributed by atoms with Gasteiger partial charge in [-0.25, -0.2) is 5.43 Å². The van der Waals surface area contributed by atoms with Crippen molar-refractivity contribution in [2.24, 2.45) is 5.10 Å². The molecular weight excluding hydrogens is 336 g/mol. The minimum Gasteiger partial charge on any atom is -0.493 e. The molecule has 25 heavy (non-hydrogen) atoms. The van der Waals surface area contributed by atoms with E-state index in [0.29, 0.717) is 24.5 Å². The Kier molecular flexibility index (Phi) is 7.73. The fourth-order valence-electron chi connectivity index (χ4n) is 2.12.